The van der Waals surface area contributed by atoms with Crippen molar-refractivity contribution in [1.29, 1.82) is 0 Å². The summed E-state index contributed by atoms with van der Waals surface area (Å²) >= 11 is 0. The second-order valence-corrected chi connectivity index (χ2v) is 4.07. The summed E-state index contributed by atoms with van der Waals surface area (Å²) in [6, 6.07) is 6.11. The highest BCUT2D eigenvalue weighted by molar-refractivity contribution is 6.07. The molecule has 1 aliphatic heterocycles. The minimum Gasteiger partial charge on any atom is -0.508 e. The van der Waals surface area contributed by atoms with Crippen LogP contribution in [-0.2, 0) is 10.3 Å². The number of imide groups is 1. The molecule has 0 spiro atoms. The first-order valence-electron chi connectivity index (χ1n) is 5.41. The number of carbonyl (C=O) groups excluding carboxylic acids is 2. The van der Waals surface area contributed by atoms with Gasteiger partial charge in [0.15, 0.2) is 0 Å². The normalized spacial score (nSPS) is 24.0. The Morgan fingerprint density at radius 2 is 2.00 bits per heavy atom. The van der Waals surface area contributed by atoms with Crippen LogP contribution in [0.3, 0.4) is 0 Å². The Morgan fingerprint density at radius 3 is 2.47 bits per heavy atom. The van der Waals surface area contributed by atoms with Gasteiger partial charge in [-0.05, 0) is 12.5 Å². The highest BCUT2D eigenvalue weighted by Gasteiger charge is 2.50. The first-order valence-corrected chi connectivity index (χ1v) is 5.41. The number of benzene rings is 1. The first-order chi connectivity index (χ1) is 8.03. The second-order valence-electron chi connectivity index (χ2n) is 4.07. The van der Waals surface area contributed by atoms with Crippen molar-refractivity contribution in [2.24, 2.45) is 0 Å². The minimum absolute atomic E-state index is 0.0123. The maximum Gasteiger partial charge on any atom is 0.325 e. The standard InChI is InChI=1S/C12H14N2O3/c1-3-12(8-6-4-5-7-9(8)15)10(16)14(2)11(17)13-12/h4-7,15H,3H2,1-2H3,(H,13,17). The van der Waals surface area contributed by atoms with Crippen LogP contribution in [0, 0.1) is 0 Å². The molecule has 0 saturated carbocycles. The molecular formula is C12H14N2O3. The summed E-state index contributed by atoms with van der Waals surface area (Å²) in [6.45, 7) is 1.80. The smallest absolute Gasteiger partial charge is 0.325 e. The predicted octanol–water partition coefficient (Wildman–Crippen LogP) is 1.18. The number of likely N-dealkylation sites (N-methyl/N-ethyl adjacent to an activating group) is 1. The van der Waals surface area contributed by atoms with E-state index in [1.165, 1.54) is 13.1 Å². The average molecular weight is 234 g/mol. The minimum atomic E-state index is -1.14. The van der Waals surface area contributed by atoms with Gasteiger partial charge in [-0.15, -0.1) is 0 Å². The monoisotopic (exact) mass is 234 g/mol. The van der Waals surface area contributed by atoms with Gasteiger partial charge in [0.05, 0.1) is 0 Å². The molecule has 1 saturated heterocycles. The van der Waals surface area contributed by atoms with E-state index in [0.29, 0.717) is 12.0 Å². The third kappa shape index (κ3) is 1.46. The van der Waals surface area contributed by atoms with E-state index in [0.717, 1.165) is 4.90 Å². The molecule has 5 nitrogen and oxygen atoms in total. The van der Waals surface area contributed by atoms with E-state index in [9.17, 15) is 14.7 Å². The molecule has 1 fully saturated rings. The lowest BCUT2D eigenvalue weighted by Crippen LogP contribution is -2.43. The Kier molecular flexibility index (Phi) is 2.53. The van der Waals surface area contributed by atoms with Crippen LogP contribution in [0.2, 0.25) is 0 Å². The number of para-hydroxylation sites is 1. The fourth-order valence-electron chi connectivity index (χ4n) is 2.15. The van der Waals surface area contributed by atoms with Crippen molar-refractivity contribution in [2.45, 2.75) is 18.9 Å². The fourth-order valence-corrected chi connectivity index (χ4v) is 2.15. The lowest BCUT2D eigenvalue weighted by atomic mass is 9.86. The van der Waals surface area contributed by atoms with Gasteiger partial charge in [0.25, 0.3) is 5.91 Å². The maximum absolute atomic E-state index is 12.2. The topological polar surface area (TPSA) is 69.6 Å². The van der Waals surface area contributed by atoms with E-state index in [1.54, 1.807) is 25.1 Å². The molecule has 3 amide bonds. The molecule has 1 unspecified atom stereocenters. The number of nitrogens with one attached hydrogen (secondary N) is 1. The number of phenolic OH excluding ortho intramolecular Hbond substituents is 1. The number of nitrogens with zero attached hydrogens (tertiary/aromatic N) is 1. The summed E-state index contributed by atoms with van der Waals surface area (Å²) in [5.74, 6) is -0.329. The fraction of sp³-hybridized carbons (Fsp3) is 0.333. The van der Waals surface area contributed by atoms with E-state index in [-0.39, 0.29) is 11.7 Å². The van der Waals surface area contributed by atoms with Crippen LogP contribution in [-0.4, -0.2) is 29.0 Å². The van der Waals surface area contributed by atoms with Crippen molar-refractivity contribution in [3.05, 3.63) is 29.8 Å². The Hall–Kier alpha value is -2.04. The zero-order valence-electron chi connectivity index (χ0n) is 9.73. The number of urea groups is 1. The van der Waals surface area contributed by atoms with Gasteiger partial charge < -0.3 is 10.4 Å². The molecule has 0 bridgehead atoms. The van der Waals surface area contributed by atoms with Gasteiger partial charge >= 0.3 is 6.03 Å². The molecule has 1 aromatic carbocycles. The third-order valence-electron chi connectivity index (χ3n) is 3.19. The van der Waals surface area contributed by atoms with Crippen molar-refractivity contribution < 1.29 is 14.7 Å². The van der Waals surface area contributed by atoms with Crippen LogP contribution in [0.25, 0.3) is 0 Å². The van der Waals surface area contributed by atoms with Gasteiger partial charge in [0.1, 0.15) is 11.3 Å². The molecule has 17 heavy (non-hydrogen) atoms. The zero-order valence-corrected chi connectivity index (χ0v) is 9.73. The summed E-state index contributed by atoms with van der Waals surface area (Å²) < 4.78 is 0. The molecule has 1 aromatic rings. The molecule has 0 aromatic heterocycles. The number of hydrogen-bond donors (Lipinski definition) is 2. The summed E-state index contributed by atoms with van der Waals surface area (Å²) in [6.07, 6.45) is 0.388. The number of carbonyl (C=O) groups is 2. The number of aromatic hydroxyl groups is 1. The van der Waals surface area contributed by atoms with E-state index >= 15 is 0 Å². The average Bonchev–Trinajstić information content (AvgIpc) is 2.55. The molecule has 1 atom stereocenters. The molecule has 2 N–H and O–H groups in total. The lowest BCUT2D eigenvalue weighted by Gasteiger charge is -2.26. The first kappa shape index (κ1) is 11.4. The van der Waals surface area contributed by atoms with Crippen molar-refractivity contribution in [3.63, 3.8) is 0 Å². The highest BCUT2D eigenvalue weighted by atomic mass is 16.3. The third-order valence-corrected chi connectivity index (χ3v) is 3.19. The molecule has 2 rings (SSSR count). The van der Waals surface area contributed by atoms with Crippen molar-refractivity contribution in [2.75, 3.05) is 7.05 Å². The van der Waals surface area contributed by atoms with Crippen LogP contribution in [0.4, 0.5) is 4.79 Å². The van der Waals surface area contributed by atoms with Gasteiger partial charge in [0, 0.05) is 12.6 Å². The van der Waals surface area contributed by atoms with Crippen molar-refractivity contribution in [3.8, 4) is 5.75 Å². The van der Waals surface area contributed by atoms with Crippen LogP contribution in [0.5, 0.6) is 5.75 Å². The summed E-state index contributed by atoms with van der Waals surface area (Å²) in [4.78, 5) is 24.7. The molecule has 0 radical (unpaired) electrons. The zero-order chi connectivity index (χ0) is 12.6. The van der Waals surface area contributed by atoms with Crippen LogP contribution < -0.4 is 5.32 Å². The van der Waals surface area contributed by atoms with Crippen molar-refractivity contribution >= 4 is 11.9 Å². The van der Waals surface area contributed by atoms with E-state index in [2.05, 4.69) is 5.32 Å². The maximum atomic E-state index is 12.2. The number of amides is 3. The second kappa shape index (κ2) is 3.76. The van der Waals surface area contributed by atoms with Crippen LogP contribution >= 0.6 is 0 Å². The van der Waals surface area contributed by atoms with Gasteiger partial charge in [0.2, 0.25) is 0 Å². The lowest BCUT2D eigenvalue weighted by molar-refractivity contribution is -0.130. The number of rotatable bonds is 2. The molecule has 1 heterocycles. The van der Waals surface area contributed by atoms with Crippen molar-refractivity contribution in [1.82, 2.24) is 10.2 Å². The predicted molar refractivity (Wildman–Crippen MR) is 61.4 cm³/mol. The van der Waals surface area contributed by atoms with Gasteiger partial charge in [-0.25, -0.2) is 4.79 Å². The molecule has 1 aliphatic rings. The van der Waals surface area contributed by atoms with Gasteiger partial charge in [-0.2, -0.15) is 0 Å². The SMILES string of the molecule is CCC1(c2ccccc2O)NC(=O)N(C)C1=O. The summed E-state index contributed by atoms with van der Waals surface area (Å²) in [7, 11) is 1.43. The Bertz CT molecular complexity index is 486. The van der Waals surface area contributed by atoms with E-state index in [4.69, 9.17) is 0 Å². The Balaban J connectivity index is 2.57. The number of hydrogen-bond acceptors (Lipinski definition) is 3. The molecular weight excluding hydrogens is 220 g/mol. The quantitative estimate of drug-likeness (QED) is 0.755. The van der Waals surface area contributed by atoms with Crippen LogP contribution in [0.1, 0.15) is 18.9 Å². The molecule has 5 heteroatoms. The largest absolute Gasteiger partial charge is 0.508 e. The van der Waals surface area contributed by atoms with Gasteiger partial charge in [-0.3, -0.25) is 9.69 Å². The Labute approximate surface area is 99.0 Å². The number of phenols is 1. The molecule has 90 valence electrons. The molecule has 0 aliphatic carbocycles. The van der Waals surface area contributed by atoms with E-state index < -0.39 is 11.6 Å². The van der Waals surface area contributed by atoms with E-state index in [1.807, 2.05) is 0 Å². The van der Waals surface area contributed by atoms with Crippen LogP contribution in [0.15, 0.2) is 24.3 Å². The summed E-state index contributed by atoms with van der Waals surface area (Å²) in [5, 5.41) is 12.5. The van der Waals surface area contributed by atoms with Gasteiger partial charge in [-0.1, -0.05) is 25.1 Å². The highest BCUT2D eigenvalue weighted by Crippen LogP contribution is 2.36. The summed E-state index contributed by atoms with van der Waals surface area (Å²) in [5.41, 5.74) is -0.706. The Morgan fingerprint density at radius 1 is 1.35 bits per heavy atom.